The van der Waals surface area contributed by atoms with E-state index in [2.05, 4.69) is 26.1 Å². The van der Waals surface area contributed by atoms with Crippen LogP contribution in [-0.2, 0) is 14.3 Å². The van der Waals surface area contributed by atoms with Crippen molar-refractivity contribution in [3.63, 3.8) is 0 Å². The molecule has 1 rings (SSSR count). The van der Waals surface area contributed by atoms with Crippen LogP contribution in [0.2, 0.25) is 0 Å². The number of carbonyl (C=O) groups excluding carboxylic acids is 1. The van der Waals surface area contributed by atoms with Crippen molar-refractivity contribution in [2.75, 3.05) is 26.4 Å². The second kappa shape index (κ2) is 5.47. The first-order valence-electron chi connectivity index (χ1n) is 5.46. The van der Waals surface area contributed by atoms with Gasteiger partial charge in [-0.2, -0.15) is 0 Å². The topological polar surface area (TPSA) is 47.6 Å². The second-order valence-electron chi connectivity index (χ2n) is 5.04. The molecule has 0 aromatic heterocycles. The predicted molar refractivity (Wildman–Crippen MR) is 57.6 cm³/mol. The van der Waals surface area contributed by atoms with Gasteiger partial charge in [0.05, 0.1) is 19.8 Å². The molecule has 88 valence electrons. The monoisotopic (exact) mass is 215 g/mol. The average Bonchev–Trinajstić information content (AvgIpc) is 2.17. The summed E-state index contributed by atoms with van der Waals surface area (Å²) in [4.78, 5) is 11.6. The minimum atomic E-state index is -0.418. The van der Waals surface area contributed by atoms with Crippen LogP contribution in [-0.4, -0.2) is 38.4 Å². The molecule has 1 aliphatic rings. The zero-order valence-electron chi connectivity index (χ0n) is 9.84. The smallest absolute Gasteiger partial charge is 0.251 e. The largest absolute Gasteiger partial charge is 0.376 e. The lowest BCUT2D eigenvalue weighted by Crippen LogP contribution is -2.43. The van der Waals surface area contributed by atoms with Gasteiger partial charge in [-0.15, -0.1) is 0 Å². The highest BCUT2D eigenvalue weighted by atomic mass is 16.6. The van der Waals surface area contributed by atoms with Crippen LogP contribution in [0.1, 0.15) is 27.2 Å². The molecule has 1 aliphatic heterocycles. The molecule has 1 unspecified atom stereocenters. The van der Waals surface area contributed by atoms with Crippen LogP contribution in [0.15, 0.2) is 0 Å². The lowest BCUT2D eigenvalue weighted by Gasteiger charge is -2.23. The molecular weight excluding hydrogens is 194 g/mol. The van der Waals surface area contributed by atoms with Gasteiger partial charge in [0, 0.05) is 6.54 Å². The Bertz CT molecular complexity index is 204. The molecule has 0 aromatic carbocycles. The van der Waals surface area contributed by atoms with E-state index in [1.807, 2.05) is 0 Å². The van der Waals surface area contributed by atoms with E-state index in [0.717, 1.165) is 6.42 Å². The van der Waals surface area contributed by atoms with Crippen molar-refractivity contribution in [1.29, 1.82) is 0 Å². The summed E-state index contributed by atoms with van der Waals surface area (Å²) in [5.41, 5.74) is 0.247. The molecule has 0 spiro atoms. The van der Waals surface area contributed by atoms with E-state index in [1.165, 1.54) is 0 Å². The minimum Gasteiger partial charge on any atom is -0.376 e. The molecule has 1 amide bonds. The summed E-state index contributed by atoms with van der Waals surface area (Å²) in [5.74, 6) is -0.0565. The van der Waals surface area contributed by atoms with Crippen LogP contribution in [0.4, 0.5) is 0 Å². The van der Waals surface area contributed by atoms with E-state index in [1.54, 1.807) is 0 Å². The Hall–Kier alpha value is -0.610. The van der Waals surface area contributed by atoms with Gasteiger partial charge in [0.15, 0.2) is 6.10 Å². The highest BCUT2D eigenvalue weighted by Gasteiger charge is 2.22. The number of ether oxygens (including phenoxy) is 2. The number of amides is 1. The fourth-order valence-electron chi connectivity index (χ4n) is 1.31. The maximum absolute atomic E-state index is 11.6. The Morgan fingerprint density at radius 3 is 2.67 bits per heavy atom. The van der Waals surface area contributed by atoms with Crippen molar-refractivity contribution in [1.82, 2.24) is 5.32 Å². The van der Waals surface area contributed by atoms with Gasteiger partial charge in [0.25, 0.3) is 5.91 Å². The third-order valence-electron chi connectivity index (χ3n) is 2.28. The first-order chi connectivity index (χ1) is 6.99. The van der Waals surface area contributed by atoms with Crippen molar-refractivity contribution in [2.24, 2.45) is 5.41 Å². The number of hydrogen-bond donors (Lipinski definition) is 1. The van der Waals surface area contributed by atoms with Gasteiger partial charge in [-0.25, -0.2) is 0 Å². The van der Waals surface area contributed by atoms with E-state index in [4.69, 9.17) is 9.47 Å². The lowest BCUT2D eigenvalue weighted by atomic mass is 9.92. The number of nitrogens with one attached hydrogen (secondary N) is 1. The fraction of sp³-hybridized carbons (Fsp3) is 0.909. The molecular formula is C11H21NO3. The Labute approximate surface area is 91.3 Å². The van der Waals surface area contributed by atoms with Gasteiger partial charge in [0.2, 0.25) is 0 Å². The first-order valence-corrected chi connectivity index (χ1v) is 5.46. The highest BCUT2D eigenvalue weighted by molar-refractivity contribution is 5.80. The quantitative estimate of drug-likeness (QED) is 0.762. The Balaban J connectivity index is 2.17. The summed E-state index contributed by atoms with van der Waals surface area (Å²) in [6.45, 7) is 8.63. The predicted octanol–water partition coefficient (Wildman–Crippen LogP) is 0.954. The molecule has 1 atom stereocenters. The van der Waals surface area contributed by atoms with Gasteiger partial charge < -0.3 is 14.8 Å². The van der Waals surface area contributed by atoms with Gasteiger partial charge >= 0.3 is 0 Å². The number of hydrogen-bond acceptors (Lipinski definition) is 3. The molecule has 1 N–H and O–H groups in total. The molecule has 1 heterocycles. The van der Waals surface area contributed by atoms with Crippen molar-refractivity contribution in [2.45, 2.75) is 33.3 Å². The molecule has 0 saturated carbocycles. The molecule has 0 bridgehead atoms. The minimum absolute atomic E-state index is 0.0565. The van der Waals surface area contributed by atoms with Crippen molar-refractivity contribution in [3.8, 4) is 0 Å². The van der Waals surface area contributed by atoms with Gasteiger partial charge in [0.1, 0.15) is 0 Å². The standard InChI is InChI=1S/C11H21NO3/c1-11(2,3)4-5-12-10(13)9-8-14-6-7-15-9/h9H,4-8H2,1-3H3,(H,12,13). The van der Waals surface area contributed by atoms with Crippen LogP contribution in [0, 0.1) is 5.41 Å². The van der Waals surface area contributed by atoms with Gasteiger partial charge in [-0.1, -0.05) is 20.8 Å². The molecule has 4 nitrogen and oxygen atoms in total. The van der Waals surface area contributed by atoms with E-state index < -0.39 is 6.10 Å². The Morgan fingerprint density at radius 2 is 2.13 bits per heavy atom. The maximum atomic E-state index is 11.6. The molecule has 0 aromatic rings. The summed E-state index contributed by atoms with van der Waals surface area (Å²) in [7, 11) is 0. The van der Waals surface area contributed by atoms with Crippen LogP contribution in [0.5, 0.6) is 0 Å². The summed E-state index contributed by atoms with van der Waals surface area (Å²) in [6.07, 6.45) is 0.547. The van der Waals surface area contributed by atoms with E-state index >= 15 is 0 Å². The lowest BCUT2D eigenvalue weighted by molar-refractivity contribution is -0.147. The summed E-state index contributed by atoms with van der Waals surface area (Å²) >= 11 is 0. The van der Waals surface area contributed by atoms with E-state index in [9.17, 15) is 4.79 Å². The molecule has 0 aliphatic carbocycles. The fourth-order valence-corrected chi connectivity index (χ4v) is 1.31. The molecule has 15 heavy (non-hydrogen) atoms. The average molecular weight is 215 g/mol. The third-order valence-corrected chi connectivity index (χ3v) is 2.28. The molecule has 0 radical (unpaired) electrons. The summed E-state index contributed by atoms with van der Waals surface area (Å²) in [6, 6.07) is 0. The van der Waals surface area contributed by atoms with Crippen LogP contribution >= 0.6 is 0 Å². The molecule has 1 saturated heterocycles. The highest BCUT2D eigenvalue weighted by Crippen LogP contribution is 2.16. The number of rotatable bonds is 3. The van der Waals surface area contributed by atoms with E-state index in [0.29, 0.717) is 26.4 Å². The normalized spacial score (nSPS) is 22.5. The zero-order valence-corrected chi connectivity index (χ0v) is 9.84. The summed E-state index contributed by atoms with van der Waals surface area (Å²) < 4.78 is 10.4. The van der Waals surface area contributed by atoms with Gasteiger partial charge in [-0.3, -0.25) is 4.79 Å². The SMILES string of the molecule is CC(C)(C)CCNC(=O)C1COCCO1. The molecule has 4 heteroatoms. The van der Waals surface area contributed by atoms with Gasteiger partial charge in [-0.05, 0) is 11.8 Å². The Kier molecular flexibility index (Phi) is 4.54. The van der Waals surface area contributed by atoms with Crippen LogP contribution in [0.25, 0.3) is 0 Å². The third kappa shape index (κ3) is 5.14. The van der Waals surface area contributed by atoms with Crippen molar-refractivity contribution >= 4 is 5.91 Å². The number of carbonyl (C=O) groups is 1. The molecule has 1 fully saturated rings. The van der Waals surface area contributed by atoms with Crippen molar-refractivity contribution in [3.05, 3.63) is 0 Å². The Morgan fingerprint density at radius 1 is 1.40 bits per heavy atom. The maximum Gasteiger partial charge on any atom is 0.251 e. The summed E-state index contributed by atoms with van der Waals surface area (Å²) in [5, 5.41) is 2.86. The van der Waals surface area contributed by atoms with Crippen LogP contribution in [0.3, 0.4) is 0 Å². The first kappa shape index (κ1) is 12.5. The zero-order chi connectivity index (χ0) is 11.3. The van der Waals surface area contributed by atoms with Crippen LogP contribution < -0.4 is 5.32 Å². The van der Waals surface area contributed by atoms with Crippen molar-refractivity contribution < 1.29 is 14.3 Å². The second-order valence-corrected chi connectivity index (χ2v) is 5.04. The van der Waals surface area contributed by atoms with E-state index in [-0.39, 0.29) is 11.3 Å².